The molecule has 0 heterocycles. The Morgan fingerprint density at radius 2 is 1.61 bits per heavy atom. The lowest BCUT2D eigenvalue weighted by Crippen LogP contribution is -2.48. The van der Waals surface area contributed by atoms with Gasteiger partial charge in [0.15, 0.2) is 5.11 Å². The molecule has 0 saturated heterocycles. The molecule has 0 unspecified atom stereocenters. The molecule has 4 N–H and O–H groups in total. The monoisotopic (exact) mass is 393 g/mol. The van der Waals surface area contributed by atoms with Gasteiger partial charge in [0.1, 0.15) is 5.75 Å². The second kappa shape index (κ2) is 7.70. The van der Waals surface area contributed by atoms with Crippen LogP contribution in [0.5, 0.6) is 5.75 Å². The summed E-state index contributed by atoms with van der Waals surface area (Å²) in [7, 11) is 0. The second-order valence-corrected chi connectivity index (χ2v) is 5.71. The number of thiocarbonyl (C=S) groups is 1. The summed E-state index contributed by atoms with van der Waals surface area (Å²) in [5.74, 6) is -1.15. The molecule has 6 nitrogen and oxygen atoms in total. The van der Waals surface area contributed by atoms with Crippen molar-refractivity contribution in [2.75, 3.05) is 0 Å². The molecule has 8 heteroatoms. The number of aromatic hydroxyl groups is 1. The van der Waals surface area contributed by atoms with Gasteiger partial charge in [-0.25, -0.2) is 0 Å². The number of carbonyl (C=O) groups is 2. The quantitative estimate of drug-likeness (QED) is 0.463. The molecule has 0 spiro atoms. The largest absolute Gasteiger partial charge is 0.507 e. The van der Waals surface area contributed by atoms with Crippen molar-refractivity contribution in [1.29, 1.82) is 0 Å². The molecule has 0 aliphatic rings. The van der Waals surface area contributed by atoms with Gasteiger partial charge in [-0.15, -0.1) is 0 Å². The van der Waals surface area contributed by atoms with E-state index < -0.39 is 11.8 Å². The Hall–Kier alpha value is -2.45. The van der Waals surface area contributed by atoms with Crippen LogP contribution in [-0.2, 0) is 0 Å². The van der Waals surface area contributed by atoms with E-state index in [2.05, 4.69) is 32.1 Å². The predicted molar refractivity (Wildman–Crippen MR) is 92.9 cm³/mol. The Morgan fingerprint density at radius 1 is 0.957 bits per heavy atom. The number of rotatable bonds is 2. The summed E-state index contributed by atoms with van der Waals surface area (Å²) in [5.41, 5.74) is 5.20. The summed E-state index contributed by atoms with van der Waals surface area (Å²) in [6.07, 6.45) is 0. The number of hydrazine groups is 1. The van der Waals surface area contributed by atoms with Crippen LogP contribution in [0.25, 0.3) is 0 Å². The van der Waals surface area contributed by atoms with Gasteiger partial charge in [0.2, 0.25) is 0 Å². The zero-order valence-electron chi connectivity index (χ0n) is 11.7. The Labute approximate surface area is 146 Å². The minimum absolute atomic E-state index is 0.0679. The van der Waals surface area contributed by atoms with Crippen molar-refractivity contribution in [2.24, 2.45) is 0 Å². The molecule has 118 valence electrons. The summed E-state index contributed by atoms with van der Waals surface area (Å²) >= 11 is 8.20. The maximum Gasteiger partial charge on any atom is 0.273 e. The first kappa shape index (κ1) is 16.9. The first-order chi connectivity index (χ1) is 11.0. The van der Waals surface area contributed by atoms with Gasteiger partial charge in [0, 0.05) is 10.0 Å². The molecule has 2 aromatic rings. The summed E-state index contributed by atoms with van der Waals surface area (Å²) in [5, 5.41) is 11.9. The number of amides is 2. The van der Waals surface area contributed by atoms with Gasteiger partial charge in [-0.3, -0.25) is 25.8 Å². The van der Waals surface area contributed by atoms with E-state index in [0.29, 0.717) is 5.56 Å². The lowest BCUT2D eigenvalue weighted by Gasteiger charge is -2.11. The lowest BCUT2D eigenvalue weighted by molar-refractivity contribution is 0.0932. The highest BCUT2D eigenvalue weighted by Gasteiger charge is 2.11. The van der Waals surface area contributed by atoms with E-state index in [-0.39, 0.29) is 16.4 Å². The Morgan fingerprint density at radius 3 is 2.26 bits per heavy atom. The summed E-state index contributed by atoms with van der Waals surface area (Å²) in [6.45, 7) is 0. The van der Waals surface area contributed by atoms with Crippen LogP contribution >= 0.6 is 28.1 Å². The van der Waals surface area contributed by atoms with Gasteiger partial charge < -0.3 is 5.11 Å². The van der Waals surface area contributed by atoms with Crippen molar-refractivity contribution in [3.05, 3.63) is 64.1 Å². The van der Waals surface area contributed by atoms with Crippen LogP contribution in [0.4, 0.5) is 0 Å². The third-order valence-corrected chi connectivity index (χ3v) is 3.50. The predicted octanol–water partition coefficient (Wildman–Crippen LogP) is 2.10. The SMILES string of the molecule is O=C(NC(=S)NNC(=O)c1ccccc1O)c1ccc(Br)cc1. The average molecular weight is 394 g/mol. The first-order valence-electron chi connectivity index (χ1n) is 6.42. The molecular weight excluding hydrogens is 382 g/mol. The fraction of sp³-hybridized carbons (Fsp3) is 0. The van der Waals surface area contributed by atoms with E-state index in [0.717, 1.165) is 4.47 Å². The molecule has 23 heavy (non-hydrogen) atoms. The molecular formula is C15H12BrN3O3S. The molecule has 0 radical (unpaired) electrons. The molecule has 0 atom stereocenters. The minimum Gasteiger partial charge on any atom is -0.507 e. The van der Waals surface area contributed by atoms with Crippen molar-refractivity contribution >= 4 is 45.1 Å². The van der Waals surface area contributed by atoms with Gasteiger partial charge in [0.25, 0.3) is 11.8 Å². The van der Waals surface area contributed by atoms with Crippen LogP contribution in [0.1, 0.15) is 20.7 Å². The molecule has 2 amide bonds. The van der Waals surface area contributed by atoms with Gasteiger partial charge in [0.05, 0.1) is 5.56 Å². The highest BCUT2D eigenvalue weighted by molar-refractivity contribution is 9.10. The molecule has 0 aliphatic carbocycles. The number of hydrogen-bond acceptors (Lipinski definition) is 4. The van der Waals surface area contributed by atoms with Crippen molar-refractivity contribution in [2.45, 2.75) is 0 Å². The molecule has 0 bridgehead atoms. The summed E-state index contributed by atoms with van der Waals surface area (Å²) in [4.78, 5) is 23.8. The van der Waals surface area contributed by atoms with E-state index in [1.54, 1.807) is 36.4 Å². The number of benzene rings is 2. The van der Waals surface area contributed by atoms with Gasteiger partial charge in [-0.05, 0) is 48.6 Å². The third kappa shape index (κ3) is 4.76. The maximum absolute atomic E-state index is 11.9. The van der Waals surface area contributed by atoms with Gasteiger partial charge >= 0.3 is 0 Å². The zero-order valence-corrected chi connectivity index (χ0v) is 14.1. The highest BCUT2D eigenvalue weighted by atomic mass is 79.9. The second-order valence-electron chi connectivity index (χ2n) is 4.39. The molecule has 0 aliphatic heterocycles. The van der Waals surface area contributed by atoms with Crippen LogP contribution in [-0.4, -0.2) is 22.0 Å². The lowest BCUT2D eigenvalue weighted by atomic mass is 10.2. The zero-order chi connectivity index (χ0) is 16.8. The molecule has 0 saturated carbocycles. The molecule has 2 aromatic carbocycles. The number of para-hydroxylation sites is 1. The van der Waals surface area contributed by atoms with E-state index in [9.17, 15) is 14.7 Å². The fourth-order valence-electron chi connectivity index (χ4n) is 1.65. The third-order valence-electron chi connectivity index (χ3n) is 2.77. The van der Waals surface area contributed by atoms with Crippen molar-refractivity contribution in [3.8, 4) is 5.75 Å². The van der Waals surface area contributed by atoms with Crippen LogP contribution in [0.15, 0.2) is 53.0 Å². The van der Waals surface area contributed by atoms with E-state index >= 15 is 0 Å². The van der Waals surface area contributed by atoms with Crippen LogP contribution in [0.2, 0.25) is 0 Å². The number of halogens is 1. The standard InChI is InChI=1S/C15H12BrN3O3S/c16-10-7-5-9(6-8-10)13(21)17-15(23)19-18-14(22)11-3-1-2-4-12(11)20/h1-8,20H,(H,18,22)(H2,17,19,21,23). The van der Waals surface area contributed by atoms with Gasteiger partial charge in [-0.1, -0.05) is 28.1 Å². The number of phenols is 1. The van der Waals surface area contributed by atoms with Crippen LogP contribution in [0.3, 0.4) is 0 Å². The van der Waals surface area contributed by atoms with E-state index in [1.165, 1.54) is 12.1 Å². The van der Waals surface area contributed by atoms with E-state index in [1.807, 2.05) is 0 Å². The van der Waals surface area contributed by atoms with Crippen LogP contribution < -0.4 is 16.2 Å². The smallest absolute Gasteiger partial charge is 0.273 e. The molecule has 2 rings (SSSR count). The highest BCUT2D eigenvalue weighted by Crippen LogP contribution is 2.14. The number of carbonyl (C=O) groups excluding carboxylic acids is 2. The number of hydrogen-bond donors (Lipinski definition) is 4. The summed E-state index contributed by atoms with van der Waals surface area (Å²) in [6, 6.07) is 12.8. The number of nitrogens with one attached hydrogen (secondary N) is 3. The Balaban J connectivity index is 1.88. The van der Waals surface area contributed by atoms with Crippen molar-refractivity contribution in [3.63, 3.8) is 0 Å². The Kier molecular flexibility index (Phi) is 5.67. The molecule has 0 fully saturated rings. The normalized spacial score (nSPS) is 9.78. The topological polar surface area (TPSA) is 90.5 Å². The van der Waals surface area contributed by atoms with Gasteiger partial charge in [-0.2, -0.15) is 0 Å². The van der Waals surface area contributed by atoms with Crippen LogP contribution in [0, 0.1) is 0 Å². The van der Waals surface area contributed by atoms with Crippen molar-refractivity contribution < 1.29 is 14.7 Å². The number of phenolic OH excluding ortho intramolecular Hbond substituents is 1. The molecule has 0 aromatic heterocycles. The summed E-state index contributed by atoms with van der Waals surface area (Å²) < 4.78 is 0.852. The first-order valence-corrected chi connectivity index (χ1v) is 7.62. The van der Waals surface area contributed by atoms with Crippen molar-refractivity contribution in [1.82, 2.24) is 16.2 Å². The maximum atomic E-state index is 11.9. The Bertz CT molecular complexity index is 750. The average Bonchev–Trinajstić information content (AvgIpc) is 2.53. The minimum atomic E-state index is -0.580. The fourth-order valence-corrected chi connectivity index (χ4v) is 2.06. The van der Waals surface area contributed by atoms with E-state index in [4.69, 9.17) is 12.2 Å².